The SMILES string of the molecule is CCC(C)c1nc(Cl)c(Cl)c(Cl)n1. The smallest absolute Gasteiger partial charge is 0.152 e. The van der Waals surface area contributed by atoms with Crippen LogP contribution in [0, 0.1) is 0 Å². The fraction of sp³-hybridized carbons (Fsp3) is 0.500. The van der Waals surface area contributed by atoms with Crippen molar-refractivity contribution in [3.8, 4) is 0 Å². The van der Waals surface area contributed by atoms with Gasteiger partial charge in [0.25, 0.3) is 0 Å². The monoisotopic (exact) mass is 238 g/mol. The molecule has 0 saturated heterocycles. The van der Waals surface area contributed by atoms with Crippen LogP contribution in [-0.2, 0) is 0 Å². The molecular formula is C8H9Cl3N2. The molecule has 0 amide bonds. The van der Waals surface area contributed by atoms with Crippen LogP contribution in [0.15, 0.2) is 0 Å². The van der Waals surface area contributed by atoms with Crippen molar-refractivity contribution in [1.29, 1.82) is 0 Å². The average molecular weight is 240 g/mol. The van der Waals surface area contributed by atoms with E-state index in [0.29, 0.717) is 5.82 Å². The van der Waals surface area contributed by atoms with Gasteiger partial charge in [0.15, 0.2) is 10.3 Å². The molecule has 1 unspecified atom stereocenters. The second kappa shape index (κ2) is 4.45. The van der Waals surface area contributed by atoms with Crippen molar-refractivity contribution in [3.63, 3.8) is 0 Å². The van der Waals surface area contributed by atoms with Crippen LogP contribution in [0.4, 0.5) is 0 Å². The van der Waals surface area contributed by atoms with Gasteiger partial charge in [0.05, 0.1) is 0 Å². The maximum atomic E-state index is 5.75. The molecule has 5 heteroatoms. The Morgan fingerprint density at radius 1 is 1.15 bits per heavy atom. The van der Waals surface area contributed by atoms with Crippen LogP contribution in [-0.4, -0.2) is 9.97 Å². The summed E-state index contributed by atoms with van der Waals surface area (Å²) >= 11 is 17.2. The second-order valence-corrected chi connectivity index (χ2v) is 3.88. The molecule has 0 bridgehead atoms. The third-order valence-corrected chi connectivity index (χ3v) is 2.94. The third kappa shape index (κ3) is 2.46. The molecule has 1 aromatic rings. The van der Waals surface area contributed by atoms with E-state index < -0.39 is 0 Å². The number of rotatable bonds is 2. The summed E-state index contributed by atoms with van der Waals surface area (Å²) in [5, 5.41) is 0.657. The molecule has 1 aromatic heterocycles. The zero-order valence-corrected chi connectivity index (χ0v) is 9.58. The summed E-state index contributed by atoms with van der Waals surface area (Å²) in [7, 11) is 0. The van der Waals surface area contributed by atoms with Gasteiger partial charge in [-0.05, 0) is 6.42 Å². The Morgan fingerprint density at radius 3 is 2.00 bits per heavy atom. The van der Waals surface area contributed by atoms with Gasteiger partial charge in [0.1, 0.15) is 10.8 Å². The first-order valence-corrected chi connectivity index (χ1v) is 5.08. The Morgan fingerprint density at radius 2 is 1.62 bits per heavy atom. The Balaban J connectivity index is 3.13. The average Bonchev–Trinajstić information content (AvgIpc) is 2.12. The molecule has 0 aromatic carbocycles. The van der Waals surface area contributed by atoms with Crippen LogP contribution >= 0.6 is 34.8 Å². The van der Waals surface area contributed by atoms with Crippen LogP contribution in [0.5, 0.6) is 0 Å². The summed E-state index contributed by atoms with van der Waals surface area (Å²) in [5.41, 5.74) is 0. The van der Waals surface area contributed by atoms with E-state index in [1.165, 1.54) is 0 Å². The quantitative estimate of drug-likeness (QED) is 0.730. The van der Waals surface area contributed by atoms with Gasteiger partial charge in [-0.1, -0.05) is 48.7 Å². The molecule has 0 aliphatic carbocycles. The second-order valence-electron chi connectivity index (χ2n) is 2.79. The molecule has 0 radical (unpaired) electrons. The first-order valence-electron chi connectivity index (χ1n) is 3.94. The van der Waals surface area contributed by atoms with Gasteiger partial charge in [0, 0.05) is 5.92 Å². The van der Waals surface area contributed by atoms with E-state index in [2.05, 4.69) is 9.97 Å². The summed E-state index contributed by atoms with van der Waals surface area (Å²) in [6, 6.07) is 0. The standard InChI is InChI=1S/C8H9Cl3N2/c1-3-4(2)8-12-6(10)5(9)7(11)13-8/h4H,3H2,1-2H3. The number of nitrogens with zero attached hydrogens (tertiary/aromatic N) is 2. The maximum Gasteiger partial charge on any atom is 0.152 e. The van der Waals surface area contributed by atoms with E-state index in [9.17, 15) is 0 Å². The maximum absolute atomic E-state index is 5.75. The highest BCUT2D eigenvalue weighted by atomic mass is 35.5. The highest BCUT2D eigenvalue weighted by molar-refractivity contribution is 6.46. The Kier molecular flexibility index (Phi) is 3.77. The predicted molar refractivity (Wildman–Crippen MR) is 55.8 cm³/mol. The largest absolute Gasteiger partial charge is 0.219 e. The lowest BCUT2D eigenvalue weighted by atomic mass is 10.1. The molecular weight excluding hydrogens is 230 g/mol. The minimum atomic E-state index is 0.218. The minimum Gasteiger partial charge on any atom is -0.219 e. The lowest BCUT2D eigenvalue weighted by Gasteiger charge is -2.08. The van der Waals surface area contributed by atoms with Crippen LogP contribution in [0.3, 0.4) is 0 Å². The highest BCUT2D eigenvalue weighted by Gasteiger charge is 2.12. The zero-order valence-electron chi connectivity index (χ0n) is 7.31. The molecule has 0 saturated carbocycles. The molecule has 0 N–H and O–H groups in total. The summed E-state index contributed by atoms with van der Waals surface area (Å²) in [6.45, 7) is 4.06. The van der Waals surface area contributed by atoms with Gasteiger partial charge in [-0.15, -0.1) is 0 Å². The lowest BCUT2D eigenvalue weighted by molar-refractivity contribution is 0.678. The summed E-state index contributed by atoms with van der Waals surface area (Å²) in [5.74, 6) is 0.883. The van der Waals surface area contributed by atoms with Crippen LogP contribution in [0.25, 0.3) is 0 Å². The van der Waals surface area contributed by atoms with Crippen molar-refractivity contribution in [2.75, 3.05) is 0 Å². The molecule has 1 heterocycles. The fourth-order valence-corrected chi connectivity index (χ4v) is 1.30. The predicted octanol–water partition coefficient (Wildman–Crippen LogP) is 3.95. The van der Waals surface area contributed by atoms with E-state index in [1.807, 2.05) is 13.8 Å². The van der Waals surface area contributed by atoms with Gasteiger partial charge in [-0.3, -0.25) is 0 Å². The normalized spacial score (nSPS) is 13.0. The minimum absolute atomic E-state index is 0.218. The van der Waals surface area contributed by atoms with Gasteiger partial charge in [0.2, 0.25) is 0 Å². The Hall–Kier alpha value is -0.0500. The van der Waals surface area contributed by atoms with Crippen molar-refractivity contribution in [2.45, 2.75) is 26.2 Å². The number of hydrogen-bond donors (Lipinski definition) is 0. The molecule has 0 aliphatic rings. The van der Waals surface area contributed by atoms with Crippen molar-refractivity contribution in [1.82, 2.24) is 9.97 Å². The molecule has 2 nitrogen and oxygen atoms in total. The van der Waals surface area contributed by atoms with Gasteiger partial charge >= 0.3 is 0 Å². The zero-order chi connectivity index (χ0) is 10.0. The van der Waals surface area contributed by atoms with Gasteiger partial charge in [-0.25, -0.2) is 9.97 Å². The molecule has 13 heavy (non-hydrogen) atoms. The van der Waals surface area contributed by atoms with E-state index in [-0.39, 0.29) is 21.2 Å². The number of aromatic nitrogens is 2. The first kappa shape index (κ1) is 11.0. The van der Waals surface area contributed by atoms with Gasteiger partial charge in [-0.2, -0.15) is 0 Å². The van der Waals surface area contributed by atoms with Crippen LogP contribution in [0.2, 0.25) is 15.3 Å². The molecule has 0 spiro atoms. The van der Waals surface area contributed by atoms with Gasteiger partial charge < -0.3 is 0 Å². The first-order chi connectivity index (χ1) is 6.06. The van der Waals surface area contributed by atoms with E-state index in [4.69, 9.17) is 34.8 Å². The Bertz CT molecular complexity index is 291. The van der Waals surface area contributed by atoms with E-state index >= 15 is 0 Å². The van der Waals surface area contributed by atoms with Crippen LogP contribution in [0.1, 0.15) is 32.0 Å². The molecule has 0 fully saturated rings. The summed E-state index contributed by atoms with van der Waals surface area (Å²) < 4.78 is 0. The fourth-order valence-electron chi connectivity index (χ4n) is 0.812. The summed E-state index contributed by atoms with van der Waals surface area (Å²) in [6.07, 6.45) is 0.939. The third-order valence-electron chi connectivity index (χ3n) is 1.84. The van der Waals surface area contributed by atoms with Crippen molar-refractivity contribution < 1.29 is 0 Å². The van der Waals surface area contributed by atoms with Crippen molar-refractivity contribution in [2.24, 2.45) is 0 Å². The van der Waals surface area contributed by atoms with E-state index in [1.54, 1.807) is 0 Å². The molecule has 0 aliphatic heterocycles. The highest BCUT2D eigenvalue weighted by Crippen LogP contribution is 2.28. The Labute approximate surface area is 92.2 Å². The van der Waals surface area contributed by atoms with E-state index in [0.717, 1.165) is 6.42 Å². The lowest BCUT2D eigenvalue weighted by Crippen LogP contribution is -2.00. The molecule has 72 valence electrons. The number of halogens is 3. The van der Waals surface area contributed by atoms with Crippen LogP contribution < -0.4 is 0 Å². The van der Waals surface area contributed by atoms with Crippen molar-refractivity contribution >= 4 is 34.8 Å². The summed E-state index contributed by atoms with van der Waals surface area (Å²) in [4.78, 5) is 8.08. The topological polar surface area (TPSA) is 25.8 Å². The van der Waals surface area contributed by atoms with Crippen molar-refractivity contribution in [3.05, 3.63) is 21.2 Å². The molecule has 1 rings (SSSR count). The number of hydrogen-bond acceptors (Lipinski definition) is 2. The molecule has 1 atom stereocenters.